The number of fused-ring (bicyclic) bond motifs is 2. The van der Waals surface area contributed by atoms with Crippen molar-refractivity contribution in [2.24, 2.45) is 5.92 Å². The first kappa shape index (κ1) is 10.3. The summed E-state index contributed by atoms with van der Waals surface area (Å²) in [5.41, 5.74) is 0. The minimum atomic E-state index is -0.608. The van der Waals surface area contributed by atoms with Crippen LogP contribution in [-0.2, 0) is 11.3 Å². The van der Waals surface area contributed by atoms with Gasteiger partial charge in [-0.15, -0.1) is 11.3 Å². The van der Waals surface area contributed by atoms with E-state index in [9.17, 15) is 4.79 Å². The SMILES string of the molecule is O=C(O)C1CC2CCC1N2Cc1cccs1. The van der Waals surface area contributed by atoms with Gasteiger partial charge in [0.1, 0.15) is 0 Å². The number of hydrogen-bond donors (Lipinski definition) is 1. The predicted octanol–water partition coefficient (Wildman–Crippen LogP) is 2.19. The van der Waals surface area contributed by atoms with Crippen molar-refractivity contribution in [2.45, 2.75) is 37.9 Å². The van der Waals surface area contributed by atoms with Crippen molar-refractivity contribution >= 4 is 17.3 Å². The van der Waals surface area contributed by atoms with Crippen LogP contribution in [0.2, 0.25) is 0 Å². The van der Waals surface area contributed by atoms with Crippen LogP contribution < -0.4 is 0 Å². The summed E-state index contributed by atoms with van der Waals surface area (Å²) < 4.78 is 0. The fraction of sp³-hybridized carbons (Fsp3) is 0.583. The lowest BCUT2D eigenvalue weighted by atomic mass is 9.89. The highest BCUT2D eigenvalue weighted by Gasteiger charge is 2.48. The first-order valence-electron chi connectivity index (χ1n) is 5.76. The molecule has 0 radical (unpaired) electrons. The summed E-state index contributed by atoms with van der Waals surface area (Å²) in [6.45, 7) is 0.941. The molecule has 1 aromatic rings. The highest BCUT2D eigenvalue weighted by Crippen LogP contribution is 2.42. The number of carboxylic acid groups (broad SMARTS) is 1. The van der Waals surface area contributed by atoms with E-state index in [0.717, 1.165) is 19.4 Å². The van der Waals surface area contributed by atoms with Crippen molar-refractivity contribution < 1.29 is 9.90 Å². The molecule has 3 heterocycles. The van der Waals surface area contributed by atoms with E-state index in [1.807, 2.05) is 0 Å². The molecule has 86 valence electrons. The van der Waals surface area contributed by atoms with Crippen LogP contribution in [0.25, 0.3) is 0 Å². The van der Waals surface area contributed by atoms with E-state index in [2.05, 4.69) is 22.4 Å². The molecule has 2 saturated heterocycles. The van der Waals surface area contributed by atoms with Gasteiger partial charge < -0.3 is 5.11 Å². The Morgan fingerprint density at radius 2 is 2.44 bits per heavy atom. The van der Waals surface area contributed by atoms with Gasteiger partial charge in [-0.1, -0.05) is 6.07 Å². The topological polar surface area (TPSA) is 40.5 Å². The summed E-state index contributed by atoms with van der Waals surface area (Å²) in [6, 6.07) is 4.99. The number of carbonyl (C=O) groups is 1. The first-order chi connectivity index (χ1) is 7.75. The molecule has 4 heteroatoms. The molecule has 2 aliphatic rings. The zero-order chi connectivity index (χ0) is 11.1. The zero-order valence-electron chi connectivity index (χ0n) is 9.00. The Bertz CT molecular complexity index is 390. The minimum absolute atomic E-state index is 0.126. The summed E-state index contributed by atoms with van der Waals surface area (Å²) in [7, 11) is 0. The molecule has 2 aliphatic heterocycles. The first-order valence-corrected chi connectivity index (χ1v) is 6.64. The van der Waals surface area contributed by atoms with Gasteiger partial charge in [-0.2, -0.15) is 0 Å². The van der Waals surface area contributed by atoms with E-state index in [0.29, 0.717) is 6.04 Å². The largest absolute Gasteiger partial charge is 0.481 e. The molecule has 0 spiro atoms. The van der Waals surface area contributed by atoms with E-state index >= 15 is 0 Å². The third-order valence-corrected chi connectivity index (χ3v) is 4.78. The van der Waals surface area contributed by atoms with E-state index in [4.69, 9.17) is 5.11 Å². The Labute approximate surface area is 98.7 Å². The second-order valence-electron chi connectivity index (χ2n) is 4.73. The summed E-state index contributed by atoms with van der Waals surface area (Å²) >= 11 is 1.76. The summed E-state index contributed by atoms with van der Waals surface area (Å²) in [5.74, 6) is -0.734. The molecule has 3 atom stereocenters. The van der Waals surface area contributed by atoms with Crippen LogP contribution in [-0.4, -0.2) is 28.1 Å². The van der Waals surface area contributed by atoms with Crippen molar-refractivity contribution in [1.82, 2.24) is 4.90 Å². The monoisotopic (exact) mass is 237 g/mol. The molecular formula is C12H15NO2S. The second kappa shape index (κ2) is 3.86. The summed E-state index contributed by atoms with van der Waals surface area (Å²) in [6.07, 6.45) is 3.10. The summed E-state index contributed by atoms with van der Waals surface area (Å²) in [5, 5.41) is 11.2. The molecule has 0 amide bonds. The molecule has 0 saturated carbocycles. The van der Waals surface area contributed by atoms with Crippen LogP contribution in [0.4, 0.5) is 0 Å². The smallest absolute Gasteiger partial charge is 0.308 e. The fourth-order valence-electron chi connectivity index (χ4n) is 3.20. The molecular weight excluding hydrogens is 222 g/mol. The van der Waals surface area contributed by atoms with Crippen molar-refractivity contribution in [3.05, 3.63) is 22.4 Å². The highest BCUT2D eigenvalue weighted by molar-refractivity contribution is 7.09. The molecule has 3 nitrogen and oxygen atoms in total. The number of rotatable bonds is 3. The van der Waals surface area contributed by atoms with Crippen LogP contribution in [0.1, 0.15) is 24.1 Å². The lowest BCUT2D eigenvalue weighted by Gasteiger charge is -2.21. The Hall–Kier alpha value is -0.870. The Balaban J connectivity index is 1.75. The quantitative estimate of drug-likeness (QED) is 0.876. The predicted molar refractivity (Wildman–Crippen MR) is 62.4 cm³/mol. The van der Waals surface area contributed by atoms with Gasteiger partial charge in [-0.25, -0.2) is 0 Å². The number of nitrogens with zero attached hydrogens (tertiary/aromatic N) is 1. The fourth-order valence-corrected chi connectivity index (χ4v) is 3.91. The molecule has 1 aromatic heterocycles. The van der Waals surface area contributed by atoms with Crippen molar-refractivity contribution in [2.75, 3.05) is 0 Å². The lowest BCUT2D eigenvalue weighted by Crippen LogP contribution is -2.32. The van der Waals surface area contributed by atoms with Crippen molar-refractivity contribution in [1.29, 1.82) is 0 Å². The molecule has 3 unspecified atom stereocenters. The van der Waals surface area contributed by atoms with Crippen LogP contribution in [0, 0.1) is 5.92 Å². The van der Waals surface area contributed by atoms with Crippen LogP contribution >= 0.6 is 11.3 Å². The third kappa shape index (κ3) is 1.57. The molecule has 0 aromatic carbocycles. The van der Waals surface area contributed by atoms with Crippen molar-refractivity contribution in [3.63, 3.8) is 0 Å². The molecule has 2 bridgehead atoms. The average molecular weight is 237 g/mol. The molecule has 16 heavy (non-hydrogen) atoms. The maximum absolute atomic E-state index is 11.1. The van der Waals surface area contributed by atoms with E-state index in [-0.39, 0.29) is 12.0 Å². The Kier molecular flexibility index (Phi) is 2.48. The number of aliphatic carboxylic acids is 1. The van der Waals surface area contributed by atoms with Gasteiger partial charge in [0.2, 0.25) is 0 Å². The molecule has 0 aliphatic carbocycles. The van der Waals surface area contributed by atoms with Gasteiger partial charge in [0.25, 0.3) is 0 Å². The molecule has 1 N–H and O–H groups in total. The van der Waals surface area contributed by atoms with Crippen LogP contribution in [0.15, 0.2) is 17.5 Å². The zero-order valence-corrected chi connectivity index (χ0v) is 9.82. The van der Waals surface area contributed by atoms with Crippen molar-refractivity contribution in [3.8, 4) is 0 Å². The number of thiophene rings is 1. The van der Waals surface area contributed by atoms with Gasteiger partial charge in [-0.3, -0.25) is 9.69 Å². The Morgan fingerprint density at radius 3 is 3.06 bits per heavy atom. The maximum atomic E-state index is 11.1. The normalized spacial score (nSPS) is 33.4. The average Bonchev–Trinajstić information content (AvgIpc) is 2.96. The second-order valence-corrected chi connectivity index (χ2v) is 5.76. The molecule has 2 fully saturated rings. The van der Waals surface area contributed by atoms with E-state index < -0.39 is 5.97 Å². The van der Waals surface area contributed by atoms with Gasteiger partial charge in [-0.05, 0) is 30.7 Å². The maximum Gasteiger partial charge on any atom is 0.308 e. The van der Waals surface area contributed by atoms with Gasteiger partial charge >= 0.3 is 5.97 Å². The van der Waals surface area contributed by atoms with Crippen LogP contribution in [0.3, 0.4) is 0 Å². The summed E-state index contributed by atoms with van der Waals surface area (Å²) in [4.78, 5) is 14.9. The van der Waals surface area contributed by atoms with E-state index in [1.165, 1.54) is 11.3 Å². The number of hydrogen-bond acceptors (Lipinski definition) is 3. The minimum Gasteiger partial charge on any atom is -0.481 e. The van der Waals surface area contributed by atoms with Gasteiger partial charge in [0.15, 0.2) is 0 Å². The lowest BCUT2D eigenvalue weighted by molar-refractivity contribution is -0.142. The third-order valence-electron chi connectivity index (χ3n) is 3.92. The molecule has 3 rings (SSSR count). The number of carboxylic acids is 1. The Morgan fingerprint density at radius 1 is 1.56 bits per heavy atom. The van der Waals surface area contributed by atoms with Gasteiger partial charge in [0, 0.05) is 23.5 Å². The van der Waals surface area contributed by atoms with E-state index in [1.54, 1.807) is 11.3 Å². The highest BCUT2D eigenvalue weighted by atomic mass is 32.1. The van der Waals surface area contributed by atoms with Gasteiger partial charge in [0.05, 0.1) is 5.92 Å². The standard InChI is InChI=1S/C12H15NO2S/c14-12(15)10-6-8-3-4-11(10)13(8)7-9-2-1-5-16-9/h1-2,5,8,10-11H,3-4,6-7H2,(H,14,15). The van der Waals surface area contributed by atoms with Crippen LogP contribution in [0.5, 0.6) is 0 Å².